The molecule has 1 fully saturated rings. The van der Waals surface area contributed by atoms with Crippen molar-refractivity contribution in [1.29, 1.82) is 0 Å². The highest BCUT2D eigenvalue weighted by molar-refractivity contribution is 7.33. The molecule has 35 heavy (non-hydrogen) atoms. The SMILES string of the molecule is CCCCC(CO[PH](=O)OC(C)C(=O)OC(=O)[C@@H]1CCCN1)NC(=O)C(C)NC(=O)OC(C)(C)C. The predicted octanol–water partition coefficient (Wildman–Crippen LogP) is 2.21. The van der Waals surface area contributed by atoms with Crippen LogP contribution in [0, 0.1) is 0 Å². The van der Waals surface area contributed by atoms with Gasteiger partial charge in [-0.05, 0) is 60.4 Å². The lowest BCUT2D eigenvalue weighted by atomic mass is 10.1. The third-order valence-electron chi connectivity index (χ3n) is 4.93. The van der Waals surface area contributed by atoms with Gasteiger partial charge in [0, 0.05) is 0 Å². The first kappa shape index (κ1) is 31.0. The molecule has 4 unspecified atom stereocenters. The summed E-state index contributed by atoms with van der Waals surface area (Å²) in [6, 6.07) is -1.90. The van der Waals surface area contributed by atoms with Crippen LogP contribution in [0.3, 0.4) is 0 Å². The fraction of sp³-hybridized carbons (Fsp3) is 0.818. The van der Waals surface area contributed by atoms with Crippen LogP contribution in [0.5, 0.6) is 0 Å². The van der Waals surface area contributed by atoms with Gasteiger partial charge in [0.2, 0.25) is 5.91 Å². The second kappa shape index (κ2) is 15.2. The van der Waals surface area contributed by atoms with Crippen LogP contribution in [0.4, 0.5) is 4.79 Å². The van der Waals surface area contributed by atoms with Crippen molar-refractivity contribution >= 4 is 32.2 Å². The molecular weight excluding hydrogens is 481 g/mol. The Balaban J connectivity index is 2.50. The fourth-order valence-corrected chi connectivity index (χ4v) is 3.85. The number of amides is 2. The first-order chi connectivity index (χ1) is 16.3. The van der Waals surface area contributed by atoms with Gasteiger partial charge in [-0.2, -0.15) is 0 Å². The summed E-state index contributed by atoms with van der Waals surface area (Å²) in [6.45, 7) is 10.5. The van der Waals surface area contributed by atoms with Crippen LogP contribution >= 0.6 is 8.25 Å². The van der Waals surface area contributed by atoms with Crippen molar-refractivity contribution in [2.45, 2.75) is 103 Å². The van der Waals surface area contributed by atoms with E-state index in [1.54, 1.807) is 20.8 Å². The average Bonchev–Trinajstić information content (AvgIpc) is 3.29. The van der Waals surface area contributed by atoms with Crippen molar-refractivity contribution in [1.82, 2.24) is 16.0 Å². The normalized spacial score (nSPS) is 19.2. The maximum atomic E-state index is 12.5. The zero-order valence-corrected chi connectivity index (χ0v) is 22.4. The molecule has 0 saturated carbocycles. The molecule has 1 saturated heterocycles. The van der Waals surface area contributed by atoms with Gasteiger partial charge in [0.05, 0.1) is 12.6 Å². The highest BCUT2D eigenvalue weighted by atomic mass is 31.1. The lowest BCUT2D eigenvalue weighted by Crippen LogP contribution is -2.50. The van der Waals surface area contributed by atoms with Crippen LogP contribution in [0.1, 0.15) is 73.6 Å². The maximum Gasteiger partial charge on any atom is 0.408 e. The van der Waals surface area contributed by atoms with Crippen molar-refractivity contribution in [3.8, 4) is 0 Å². The molecule has 0 bridgehead atoms. The van der Waals surface area contributed by atoms with Crippen molar-refractivity contribution in [3.63, 3.8) is 0 Å². The molecule has 3 N–H and O–H groups in total. The number of unbranched alkanes of at least 4 members (excludes halogenated alkanes) is 1. The van der Waals surface area contributed by atoms with Crippen LogP contribution in [0.15, 0.2) is 0 Å². The third-order valence-corrected chi connectivity index (χ3v) is 5.88. The van der Waals surface area contributed by atoms with Crippen LogP contribution < -0.4 is 16.0 Å². The second-order valence-electron chi connectivity index (χ2n) is 9.43. The molecule has 5 atom stereocenters. The smallest absolute Gasteiger partial charge is 0.408 e. The van der Waals surface area contributed by atoms with E-state index in [0.717, 1.165) is 19.3 Å². The van der Waals surface area contributed by atoms with E-state index >= 15 is 0 Å². The molecule has 0 spiro atoms. The number of carbonyl (C=O) groups excluding carboxylic acids is 4. The molecule has 202 valence electrons. The van der Waals surface area contributed by atoms with E-state index in [1.165, 1.54) is 13.8 Å². The first-order valence-electron chi connectivity index (χ1n) is 11.9. The zero-order valence-electron chi connectivity index (χ0n) is 21.4. The molecule has 12 nitrogen and oxygen atoms in total. The van der Waals surface area contributed by atoms with Crippen LogP contribution in [0.2, 0.25) is 0 Å². The number of hydrogen-bond donors (Lipinski definition) is 3. The molecule has 0 radical (unpaired) electrons. The van der Waals surface area contributed by atoms with Crippen molar-refractivity contribution < 1.29 is 42.3 Å². The van der Waals surface area contributed by atoms with Gasteiger partial charge in [-0.1, -0.05) is 19.8 Å². The molecule has 0 aromatic heterocycles. The van der Waals surface area contributed by atoms with E-state index in [1.807, 2.05) is 6.92 Å². The minimum absolute atomic E-state index is 0.130. The van der Waals surface area contributed by atoms with Crippen LogP contribution in [-0.4, -0.2) is 66.9 Å². The Hall–Kier alpha value is -2.01. The lowest BCUT2D eigenvalue weighted by molar-refractivity contribution is -0.165. The summed E-state index contributed by atoms with van der Waals surface area (Å²) >= 11 is 0. The van der Waals surface area contributed by atoms with Gasteiger partial charge in [0.25, 0.3) is 0 Å². The number of nitrogens with one attached hydrogen (secondary N) is 3. The Morgan fingerprint density at radius 2 is 1.83 bits per heavy atom. The summed E-state index contributed by atoms with van der Waals surface area (Å²) in [5, 5.41) is 8.13. The predicted molar refractivity (Wildman–Crippen MR) is 128 cm³/mol. The monoisotopic (exact) mass is 521 g/mol. The van der Waals surface area contributed by atoms with Crippen molar-refractivity contribution in [2.75, 3.05) is 13.2 Å². The standard InChI is InChI=1S/C22H40N3O9P/c1-7-8-10-16(25-18(26)14(2)24-21(29)33-22(4,5)6)13-31-35(30)34-15(3)19(27)32-20(28)17-11-9-12-23-17/h14-17,23,35H,7-13H2,1-6H3,(H,24,29)(H,25,26)/t14?,15?,16?,17-/m0/s1. The number of esters is 2. The number of hydrogen-bond acceptors (Lipinski definition) is 10. The zero-order chi connectivity index (χ0) is 26.6. The molecule has 1 rings (SSSR count). The molecule has 0 aromatic carbocycles. The van der Waals surface area contributed by atoms with Crippen molar-refractivity contribution in [2.24, 2.45) is 0 Å². The van der Waals surface area contributed by atoms with Gasteiger partial charge in [-0.15, -0.1) is 0 Å². The summed E-state index contributed by atoms with van der Waals surface area (Å²) < 4.78 is 32.5. The minimum atomic E-state index is -3.12. The summed E-state index contributed by atoms with van der Waals surface area (Å²) in [6.07, 6.45) is 1.57. The minimum Gasteiger partial charge on any atom is -0.444 e. The average molecular weight is 522 g/mol. The number of carbonyl (C=O) groups is 4. The van der Waals surface area contributed by atoms with E-state index in [2.05, 4.69) is 16.0 Å². The van der Waals surface area contributed by atoms with Gasteiger partial charge in [-0.25, -0.2) is 14.4 Å². The van der Waals surface area contributed by atoms with Gasteiger partial charge in [0.15, 0.2) is 6.10 Å². The Kier molecular flexibility index (Phi) is 13.5. The molecule has 0 aliphatic carbocycles. The molecule has 2 amide bonds. The van der Waals surface area contributed by atoms with Gasteiger partial charge in [-0.3, -0.25) is 13.9 Å². The summed E-state index contributed by atoms with van der Waals surface area (Å²) in [5.74, 6) is -2.11. The highest BCUT2D eigenvalue weighted by Crippen LogP contribution is 2.27. The van der Waals surface area contributed by atoms with Crippen LogP contribution in [-0.2, 0) is 37.5 Å². The summed E-state index contributed by atoms with van der Waals surface area (Å²) in [4.78, 5) is 48.4. The Labute approximate surface area is 207 Å². The maximum absolute atomic E-state index is 12.5. The highest BCUT2D eigenvalue weighted by Gasteiger charge is 2.29. The van der Waals surface area contributed by atoms with E-state index in [-0.39, 0.29) is 6.61 Å². The molecular formula is C22H40N3O9P. The third kappa shape index (κ3) is 13.0. The first-order valence-corrected chi connectivity index (χ1v) is 13.2. The Morgan fingerprint density at radius 3 is 2.40 bits per heavy atom. The van der Waals surface area contributed by atoms with E-state index in [0.29, 0.717) is 19.4 Å². The van der Waals surface area contributed by atoms with E-state index in [9.17, 15) is 23.7 Å². The molecule has 1 heterocycles. The Morgan fingerprint density at radius 1 is 1.14 bits per heavy atom. The second-order valence-corrected chi connectivity index (χ2v) is 10.5. The summed E-state index contributed by atoms with van der Waals surface area (Å²) in [7, 11) is -3.12. The quantitative estimate of drug-likeness (QED) is 0.186. The van der Waals surface area contributed by atoms with E-state index < -0.39 is 62.0 Å². The number of rotatable bonds is 13. The largest absolute Gasteiger partial charge is 0.444 e. The van der Waals surface area contributed by atoms with Crippen LogP contribution in [0.25, 0.3) is 0 Å². The summed E-state index contributed by atoms with van der Waals surface area (Å²) in [5.41, 5.74) is -0.700. The fourth-order valence-electron chi connectivity index (χ4n) is 3.06. The van der Waals surface area contributed by atoms with Gasteiger partial charge in [0.1, 0.15) is 17.7 Å². The number of ether oxygens (including phenoxy) is 2. The molecule has 13 heteroatoms. The van der Waals surface area contributed by atoms with Crippen molar-refractivity contribution in [3.05, 3.63) is 0 Å². The molecule has 1 aliphatic rings. The van der Waals surface area contributed by atoms with Gasteiger partial charge < -0.3 is 29.9 Å². The number of alkyl carbamates (subject to hydrolysis) is 1. The Bertz CT molecular complexity index is 751. The molecule has 0 aromatic rings. The van der Waals surface area contributed by atoms with Gasteiger partial charge >= 0.3 is 26.3 Å². The topological polar surface area (TPSA) is 158 Å². The molecule has 1 aliphatic heterocycles. The lowest BCUT2D eigenvalue weighted by Gasteiger charge is -2.24. The van der Waals surface area contributed by atoms with E-state index in [4.69, 9.17) is 18.5 Å².